The molecule has 2 aromatic carbocycles. The monoisotopic (exact) mass is 510 g/mol. The van der Waals surface area contributed by atoms with Crippen molar-refractivity contribution in [3.8, 4) is 0 Å². The molecule has 2 heterocycles. The van der Waals surface area contributed by atoms with Crippen molar-refractivity contribution < 1.29 is 13.2 Å². The molecular formula is C19H16Cl2N6O3S2. The lowest BCUT2D eigenvalue weighted by molar-refractivity contribution is -0.113. The zero-order chi connectivity index (χ0) is 21.8. The second kappa shape index (κ2) is 10.2. The van der Waals surface area contributed by atoms with Crippen molar-refractivity contribution in [1.82, 2.24) is 20.2 Å². The van der Waals surface area contributed by atoms with E-state index in [2.05, 4.69) is 30.2 Å². The number of fused-ring (bicyclic) bond motifs is 1. The lowest BCUT2D eigenvalue weighted by Gasteiger charge is -2.08. The summed E-state index contributed by atoms with van der Waals surface area (Å²) in [5.74, 6) is -0.0450. The summed E-state index contributed by atoms with van der Waals surface area (Å²) in [5, 5.41) is 10.8. The molecule has 0 saturated carbocycles. The number of halogens is 2. The van der Waals surface area contributed by atoms with Crippen molar-refractivity contribution >= 4 is 74.2 Å². The van der Waals surface area contributed by atoms with Crippen LogP contribution in [0.2, 0.25) is 5.15 Å². The van der Waals surface area contributed by atoms with E-state index in [1.165, 1.54) is 48.2 Å². The van der Waals surface area contributed by atoms with Crippen LogP contribution in [0.1, 0.15) is 0 Å². The number of H-pyrrole nitrogens is 1. The van der Waals surface area contributed by atoms with Gasteiger partial charge in [0.05, 0.1) is 21.7 Å². The van der Waals surface area contributed by atoms with Crippen LogP contribution in [-0.4, -0.2) is 40.2 Å². The van der Waals surface area contributed by atoms with Crippen LogP contribution in [0.15, 0.2) is 70.7 Å². The average Bonchev–Trinajstić information content (AvgIpc) is 3.17. The van der Waals surface area contributed by atoms with E-state index in [0.29, 0.717) is 10.8 Å². The van der Waals surface area contributed by atoms with Gasteiger partial charge in [-0.1, -0.05) is 35.5 Å². The van der Waals surface area contributed by atoms with Gasteiger partial charge in [0, 0.05) is 5.69 Å². The largest absolute Gasteiger partial charge is 0.333 e. The number of benzene rings is 2. The second-order valence-electron chi connectivity index (χ2n) is 6.27. The maximum absolute atomic E-state index is 12.4. The number of nitrogens with zero attached hydrogens (tertiary/aromatic N) is 3. The fourth-order valence-electron chi connectivity index (χ4n) is 2.61. The number of anilines is 2. The third-order valence-electron chi connectivity index (χ3n) is 4.03. The molecule has 0 aliphatic rings. The third kappa shape index (κ3) is 5.88. The summed E-state index contributed by atoms with van der Waals surface area (Å²) in [4.78, 5) is 19.8. The fourth-order valence-corrected chi connectivity index (χ4v) is 4.40. The topological polar surface area (TPSA) is 130 Å². The number of hydrogen-bond acceptors (Lipinski definition) is 7. The first-order valence-corrected chi connectivity index (χ1v) is 11.7. The molecule has 4 rings (SSSR count). The van der Waals surface area contributed by atoms with E-state index in [9.17, 15) is 13.2 Å². The highest BCUT2D eigenvalue weighted by atomic mass is 35.5. The number of carbonyl (C=O) groups is 1. The molecule has 13 heteroatoms. The molecule has 0 aliphatic heterocycles. The Hall–Kier alpha value is -2.86. The van der Waals surface area contributed by atoms with Crippen LogP contribution in [0.5, 0.6) is 0 Å². The van der Waals surface area contributed by atoms with Gasteiger partial charge >= 0.3 is 0 Å². The maximum Gasteiger partial charge on any atom is 0.263 e. The summed E-state index contributed by atoms with van der Waals surface area (Å²) >= 11 is 6.92. The van der Waals surface area contributed by atoms with E-state index in [0.717, 1.165) is 11.0 Å². The SMILES string of the molecule is Cl.O=C(CSc1nc2ccccc2[nH]1)Nc1ccc(S(=O)(=O)Nc2ccc(Cl)nn2)cc1. The van der Waals surface area contributed by atoms with Gasteiger partial charge in [-0.15, -0.1) is 22.6 Å². The summed E-state index contributed by atoms with van der Waals surface area (Å²) in [6.07, 6.45) is 0. The smallest absolute Gasteiger partial charge is 0.263 e. The number of sulfonamides is 1. The van der Waals surface area contributed by atoms with Gasteiger partial charge in [-0.25, -0.2) is 13.4 Å². The number of amides is 1. The molecule has 4 aromatic rings. The summed E-state index contributed by atoms with van der Waals surface area (Å²) in [6, 6.07) is 16.2. The fraction of sp³-hybridized carbons (Fsp3) is 0.0526. The van der Waals surface area contributed by atoms with Gasteiger partial charge < -0.3 is 10.3 Å². The minimum absolute atomic E-state index is 0. The van der Waals surface area contributed by atoms with Crippen LogP contribution in [0, 0.1) is 0 Å². The first-order valence-electron chi connectivity index (χ1n) is 8.88. The Balaban J connectivity index is 0.00000289. The molecule has 2 aromatic heterocycles. The summed E-state index contributed by atoms with van der Waals surface area (Å²) < 4.78 is 27.2. The van der Waals surface area contributed by atoms with Crippen LogP contribution < -0.4 is 10.0 Å². The van der Waals surface area contributed by atoms with Gasteiger partial charge in [0.25, 0.3) is 10.0 Å². The van der Waals surface area contributed by atoms with E-state index >= 15 is 0 Å². The van der Waals surface area contributed by atoms with E-state index in [-0.39, 0.29) is 39.9 Å². The molecule has 0 bridgehead atoms. The van der Waals surface area contributed by atoms with Crippen molar-refractivity contribution in [3.63, 3.8) is 0 Å². The van der Waals surface area contributed by atoms with Crippen molar-refractivity contribution in [2.45, 2.75) is 10.1 Å². The van der Waals surface area contributed by atoms with Crippen LogP contribution in [0.3, 0.4) is 0 Å². The molecule has 0 saturated heterocycles. The van der Waals surface area contributed by atoms with Gasteiger partial charge in [-0.2, -0.15) is 0 Å². The minimum atomic E-state index is -3.86. The number of rotatable bonds is 7. The molecule has 0 atom stereocenters. The standard InChI is InChI=1S/C19H15ClN6O3S2.ClH/c20-16-9-10-17(25-24-16)26-31(28,29)13-7-5-12(6-8-13)21-18(27)11-30-19-22-14-3-1-2-4-15(14)23-19;/h1-10H,11H2,(H,21,27)(H,22,23)(H,25,26);1H. The second-order valence-corrected chi connectivity index (χ2v) is 9.30. The van der Waals surface area contributed by atoms with Crippen LogP contribution in [0.4, 0.5) is 11.5 Å². The Morgan fingerprint density at radius 3 is 2.47 bits per heavy atom. The first kappa shape index (κ1) is 23.8. The highest BCUT2D eigenvalue weighted by Crippen LogP contribution is 2.20. The summed E-state index contributed by atoms with van der Waals surface area (Å²) in [6.45, 7) is 0. The molecule has 3 N–H and O–H groups in total. The van der Waals surface area contributed by atoms with Crippen molar-refractivity contribution in [3.05, 3.63) is 65.8 Å². The number of hydrogen-bond donors (Lipinski definition) is 3. The Morgan fingerprint density at radius 1 is 1.03 bits per heavy atom. The quantitative estimate of drug-likeness (QED) is 0.320. The Bertz CT molecular complexity index is 1300. The number of thioether (sulfide) groups is 1. The Kier molecular flexibility index (Phi) is 7.56. The van der Waals surface area contributed by atoms with E-state index in [1.807, 2.05) is 24.3 Å². The Labute approximate surface area is 198 Å². The molecule has 9 nitrogen and oxygen atoms in total. The number of aromatic amines is 1. The summed E-state index contributed by atoms with van der Waals surface area (Å²) in [7, 11) is -3.86. The molecule has 0 radical (unpaired) electrons. The zero-order valence-electron chi connectivity index (χ0n) is 16.1. The molecule has 0 fully saturated rings. The van der Waals surface area contributed by atoms with Crippen molar-refractivity contribution in [1.29, 1.82) is 0 Å². The predicted octanol–water partition coefficient (Wildman–Crippen LogP) is 3.96. The van der Waals surface area contributed by atoms with Crippen LogP contribution in [0.25, 0.3) is 11.0 Å². The number of para-hydroxylation sites is 2. The third-order valence-corrected chi connectivity index (χ3v) is 6.47. The molecule has 0 aliphatic carbocycles. The van der Waals surface area contributed by atoms with Gasteiger partial charge in [-0.05, 0) is 48.5 Å². The van der Waals surface area contributed by atoms with Gasteiger partial charge in [0.2, 0.25) is 5.91 Å². The van der Waals surface area contributed by atoms with Crippen molar-refractivity contribution in [2.75, 3.05) is 15.8 Å². The number of nitrogens with one attached hydrogen (secondary N) is 3. The van der Waals surface area contributed by atoms with Crippen LogP contribution >= 0.6 is 35.8 Å². The van der Waals surface area contributed by atoms with E-state index in [1.54, 1.807) is 0 Å². The van der Waals surface area contributed by atoms with E-state index in [4.69, 9.17) is 11.6 Å². The highest BCUT2D eigenvalue weighted by molar-refractivity contribution is 7.99. The maximum atomic E-state index is 12.4. The van der Waals surface area contributed by atoms with Gasteiger partial charge in [0.1, 0.15) is 0 Å². The molecule has 0 spiro atoms. The highest BCUT2D eigenvalue weighted by Gasteiger charge is 2.15. The lowest BCUT2D eigenvalue weighted by atomic mass is 10.3. The molecule has 0 unspecified atom stereocenters. The number of carbonyl (C=O) groups excluding carboxylic acids is 1. The lowest BCUT2D eigenvalue weighted by Crippen LogP contribution is -2.16. The van der Waals surface area contributed by atoms with Crippen molar-refractivity contribution in [2.24, 2.45) is 0 Å². The van der Waals surface area contributed by atoms with Crippen LogP contribution in [-0.2, 0) is 14.8 Å². The molecular weight excluding hydrogens is 495 g/mol. The molecule has 166 valence electrons. The van der Waals surface area contributed by atoms with E-state index < -0.39 is 10.0 Å². The minimum Gasteiger partial charge on any atom is -0.333 e. The van der Waals surface area contributed by atoms with Gasteiger partial charge in [0.15, 0.2) is 16.1 Å². The first-order chi connectivity index (χ1) is 14.9. The normalized spacial score (nSPS) is 11.0. The summed E-state index contributed by atoms with van der Waals surface area (Å²) in [5.41, 5.74) is 2.21. The Morgan fingerprint density at radius 2 is 1.78 bits per heavy atom. The molecule has 32 heavy (non-hydrogen) atoms. The molecule has 1 amide bonds. The number of imidazole rings is 1. The van der Waals surface area contributed by atoms with Gasteiger partial charge in [-0.3, -0.25) is 9.52 Å². The zero-order valence-corrected chi connectivity index (χ0v) is 19.4. The average molecular weight is 511 g/mol. The predicted molar refractivity (Wildman–Crippen MR) is 127 cm³/mol. The number of aromatic nitrogens is 4.